The average Bonchev–Trinajstić information content (AvgIpc) is 3.27. The van der Waals surface area contributed by atoms with Crippen molar-refractivity contribution in [2.45, 2.75) is 30.5 Å². The molecule has 0 spiro atoms. The zero-order valence-electron chi connectivity index (χ0n) is 13.6. The summed E-state index contributed by atoms with van der Waals surface area (Å²) >= 11 is -0.0410. The number of nitro benzene ring substituents is 1. The Hall–Kier alpha value is -2.55. The first kappa shape index (κ1) is 16.9. The van der Waals surface area contributed by atoms with Crippen LogP contribution >= 0.6 is 0 Å². The van der Waals surface area contributed by atoms with Gasteiger partial charge in [0.15, 0.2) is 0 Å². The Balaban J connectivity index is 1.44. The first-order chi connectivity index (χ1) is 12.6. The van der Waals surface area contributed by atoms with E-state index in [1.165, 1.54) is 6.33 Å². The van der Waals surface area contributed by atoms with E-state index in [0.29, 0.717) is 11.2 Å². The van der Waals surface area contributed by atoms with E-state index >= 15 is 0 Å². The Bertz CT molecular complexity index is 963. The monoisotopic (exact) mass is 421 g/mol. The zero-order chi connectivity index (χ0) is 18.1. The number of nitrogens with zero attached hydrogens (tertiary/aromatic N) is 5. The number of para-hydroxylation sites is 1. The van der Waals surface area contributed by atoms with Crippen LogP contribution in [0.3, 0.4) is 0 Å². The molecule has 3 heterocycles. The van der Waals surface area contributed by atoms with Crippen molar-refractivity contribution in [1.82, 2.24) is 19.5 Å². The second kappa shape index (κ2) is 6.99. The molecule has 1 N–H and O–H groups in total. The number of benzene rings is 1. The molecule has 26 heavy (non-hydrogen) atoms. The summed E-state index contributed by atoms with van der Waals surface area (Å²) < 4.78 is 8.68. The number of aromatic nitrogens is 4. The van der Waals surface area contributed by atoms with E-state index in [1.54, 1.807) is 23.0 Å². The molecule has 1 aromatic carbocycles. The fourth-order valence-electron chi connectivity index (χ4n) is 2.98. The van der Waals surface area contributed by atoms with E-state index in [2.05, 4.69) is 15.0 Å². The van der Waals surface area contributed by atoms with E-state index in [0.717, 1.165) is 22.6 Å². The molecule has 1 fully saturated rings. The maximum atomic E-state index is 11.1. The molecule has 3 aromatic rings. The summed E-state index contributed by atoms with van der Waals surface area (Å²) in [4.78, 5) is 22.8. The van der Waals surface area contributed by atoms with Crippen molar-refractivity contribution in [3.8, 4) is 5.88 Å². The second-order valence-electron chi connectivity index (χ2n) is 5.85. The molecule has 2 atom stereocenters. The third-order valence-corrected chi connectivity index (χ3v) is 6.73. The van der Waals surface area contributed by atoms with Crippen molar-refractivity contribution in [2.75, 3.05) is 0 Å². The Morgan fingerprint density at radius 3 is 3.00 bits per heavy atom. The molecule has 1 aliphatic heterocycles. The molecule has 0 saturated carbocycles. The molecule has 1 aliphatic rings. The van der Waals surface area contributed by atoms with Crippen LogP contribution in [-0.4, -0.2) is 50.6 Å². The summed E-state index contributed by atoms with van der Waals surface area (Å²) in [6.07, 6.45) is 4.38. The van der Waals surface area contributed by atoms with Crippen molar-refractivity contribution in [3.05, 3.63) is 47.0 Å². The molecule has 10 heteroatoms. The Labute approximate surface area is 154 Å². The van der Waals surface area contributed by atoms with Crippen molar-refractivity contribution in [3.63, 3.8) is 0 Å². The Morgan fingerprint density at radius 2 is 2.15 bits per heavy atom. The van der Waals surface area contributed by atoms with E-state index in [4.69, 9.17) is 4.74 Å². The first-order valence-corrected chi connectivity index (χ1v) is 10.1. The van der Waals surface area contributed by atoms with Crippen molar-refractivity contribution >= 4 is 36.3 Å². The predicted molar refractivity (Wildman–Crippen MR) is 93.4 cm³/mol. The Morgan fingerprint density at radius 1 is 1.31 bits per heavy atom. The minimum absolute atomic E-state index is 0.0349. The summed E-state index contributed by atoms with van der Waals surface area (Å²) in [6, 6.07) is 6.86. The van der Waals surface area contributed by atoms with Gasteiger partial charge in [0.05, 0.1) is 0 Å². The Kier molecular flexibility index (Phi) is 4.54. The van der Waals surface area contributed by atoms with Crippen LogP contribution in [0.15, 0.2) is 36.9 Å². The molecule has 0 aliphatic carbocycles. The van der Waals surface area contributed by atoms with Gasteiger partial charge in [-0.25, -0.2) is 0 Å². The molecule has 0 bridgehead atoms. The number of aromatic hydroxyl groups is 1. The molecule has 0 radical (unpaired) electrons. The average molecular weight is 420 g/mol. The van der Waals surface area contributed by atoms with Crippen LogP contribution in [0.1, 0.15) is 19.1 Å². The number of hydrogen-bond donors (Lipinski definition) is 1. The number of ether oxygens (including phenoxy) is 1. The third kappa shape index (κ3) is 3.14. The number of hydrogen-bond acceptors (Lipinski definition) is 7. The van der Waals surface area contributed by atoms with Gasteiger partial charge in [0.25, 0.3) is 0 Å². The molecule has 9 nitrogen and oxygen atoms in total. The van der Waals surface area contributed by atoms with Crippen LogP contribution in [0.4, 0.5) is 5.69 Å². The van der Waals surface area contributed by atoms with Gasteiger partial charge in [-0.2, -0.15) is 0 Å². The number of nitro groups is 1. The SMILES string of the molecule is O=[N+]([O-])c1ccccc1[Se]C[C@@H]1CC[C@H](n2cnc3c(O)ncnc32)O1. The van der Waals surface area contributed by atoms with Crippen LogP contribution in [0.2, 0.25) is 5.32 Å². The van der Waals surface area contributed by atoms with Crippen molar-refractivity contribution in [1.29, 1.82) is 0 Å². The van der Waals surface area contributed by atoms with Crippen LogP contribution in [0.5, 0.6) is 5.88 Å². The molecule has 0 unspecified atom stereocenters. The zero-order valence-corrected chi connectivity index (χ0v) is 15.3. The van der Waals surface area contributed by atoms with Gasteiger partial charge in [0.1, 0.15) is 0 Å². The van der Waals surface area contributed by atoms with Gasteiger partial charge >= 0.3 is 154 Å². The molecule has 1 saturated heterocycles. The van der Waals surface area contributed by atoms with Gasteiger partial charge in [-0.1, -0.05) is 0 Å². The molecular formula is C16H15N5O4Se. The standard InChI is InChI=1S/C16H15N5O4Se/c22-16-14-15(17-8-18-16)20(9-19-14)13-6-5-10(25-13)7-26-12-4-2-1-3-11(12)21(23)24/h1-4,8-10,13H,5-7H2,(H,17,18,22)/t10-,13+/m0/s1. The minimum atomic E-state index is -0.334. The van der Waals surface area contributed by atoms with Gasteiger partial charge in [-0.05, 0) is 0 Å². The van der Waals surface area contributed by atoms with E-state index in [1.807, 2.05) is 12.1 Å². The fourth-order valence-corrected chi connectivity index (χ4v) is 5.23. The van der Waals surface area contributed by atoms with Gasteiger partial charge < -0.3 is 0 Å². The van der Waals surface area contributed by atoms with Crippen LogP contribution in [-0.2, 0) is 4.74 Å². The summed E-state index contributed by atoms with van der Waals surface area (Å²) in [5, 5.41) is 21.6. The number of fused-ring (bicyclic) bond motifs is 1. The molecule has 134 valence electrons. The quantitative estimate of drug-likeness (QED) is 0.378. The van der Waals surface area contributed by atoms with Crippen molar-refractivity contribution < 1.29 is 14.8 Å². The van der Waals surface area contributed by atoms with Crippen LogP contribution < -0.4 is 4.46 Å². The molecule has 0 amide bonds. The maximum absolute atomic E-state index is 11.1. The van der Waals surface area contributed by atoms with Gasteiger partial charge in [-0.3, -0.25) is 0 Å². The van der Waals surface area contributed by atoms with E-state index in [-0.39, 0.29) is 43.8 Å². The third-order valence-electron chi connectivity index (χ3n) is 4.22. The van der Waals surface area contributed by atoms with Gasteiger partial charge in [-0.15, -0.1) is 0 Å². The first-order valence-electron chi connectivity index (χ1n) is 8.01. The summed E-state index contributed by atoms with van der Waals surface area (Å²) in [6.45, 7) is 0. The van der Waals surface area contributed by atoms with E-state index < -0.39 is 0 Å². The topological polar surface area (TPSA) is 116 Å². The van der Waals surface area contributed by atoms with E-state index in [9.17, 15) is 15.2 Å². The predicted octanol–water partition coefficient (Wildman–Crippen LogP) is 1.57. The molecule has 4 rings (SSSR count). The normalized spacial score (nSPS) is 19.8. The van der Waals surface area contributed by atoms with Crippen LogP contribution in [0, 0.1) is 10.1 Å². The molecular weight excluding hydrogens is 405 g/mol. The number of rotatable bonds is 5. The molecule has 2 aromatic heterocycles. The van der Waals surface area contributed by atoms with Crippen molar-refractivity contribution in [2.24, 2.45) is 0 Å². The van der Waals surface area contributed by atoms with Crippen LogP contribution in [0.25, 0.3) is 11.2 Å². The van der Waals surface area contributed by atoms with Gasteiger partial charge in [0, 0.05) is 0 Å². The fraction of sp³-hybridized carbons (Fsp3) is 0.312. The van der Waals surface area contributed by atoms with Gasteiger partial charge in [0.2, 0.25) is 0 Å². The summed E-state index contributed by atoms with van der Waals surface area (Å²) in [5.41, 5.74) is 1.06. The summed E-state index contributed by atoms with van der Waals surface area (Å²) in [7, 11) is 0. The second-order valence-corrected chi connectivity index (χ2v) is 8.08. The summed E-state index contributed by atoms with van der Waals surface area (Å²) in [5.74, 6) is -0.150. The number of imidazole rings is 1.